The second-order valence-electron chi connectivity index (χ2n) is 6.11. The van der Waals surface area contributed by atoms with Crippen LogP contribution in [0.5, 0.6) is 0 Å². The molecule has 3 rings (SSSR count). The Morgan fingerprint density at radius 1 is 1.12 bits per heavy atom. The van der Waals surface area contributed by atoms with E-state index in [1.807, 2.05) is 53.4 Å². The molecular formula is C18H23N3O3S. The van der Waals surface area contributed by atoms with Gasteiger partial charge in [-0.2, -0.15) is 5.48 Å². The molecule has 0 bridgehead atoms. The minimum absolute atomic E-state index is 0.177. The van der Waals surface area contributed by atoms with Crippen molar-refractivity contribution in [3.05, 3.63) is 66.2 Å². The monoisotopic (exact) mass is 361 g/mol. The zero-order valence-electron chi connectivity index (χ0n) is 13.9. The van der Waals surface area contributed by atoms with Gasteiger partial charge in [-0.1, -0.05) is 48.5 Å². The second kappa shape index (κ2) is 7.97. The van der Waals surface area contributed by atoms with Crippen molar-refractivity contribution in [3.63, 3.8) is 0 Å². The van der Waals surface area contributed by atoms with Crippen LogP contribution in [0.1, 0.15) is 11.6 Å². The summed E-state index contributed by atoms with van der Waals surface area (Å²) < 4.78 is 26.2. The molecule has 2 aromatic carbocycles. The summed E-state index contributed by atoms with van der Waals surface area (Å²) in [6.07, 6.45) is 0. The van der Waals surface area contributed by atoms with Crippen LogP contribution in [0, 0.1) is 0 Å². The number of nitrogens with one attached hydrogen (secondary N) is 2. The summed E-state index contributed by atoms with van der Waals surface area (Å²) in [5.41, 5.74) is 3.78. The molecule has 3 N–H and O–H groups in total. The summed E-state index contributed by atoms with van der Waals surface area (Å²) in [5.74, 6) is -0.177. The summed E-state index contributed by atoms with van der Waals surface area (Å²) >= 11 is 0. The lowest BCUT2D eigenvalue weighted by Crippen LogP contribution is -2.56. The SMILES string of the molecule is O=S(=O)(CC(NO)c1ccccc1)C1CNCCN1c1ccccc1. The van der Waals surface area contributed by atoms with Crippen LogP contribution in [-0.2, 0) is 9.84 Å². The highest BCUT2D eigenvalue weighted by Gasteiger charge is 2.35. The van der Waals surface area contributed by atoms with Gasteiger partial charge in [0, 0.05) is 25.3 Å². The minimum atomic E-state index is -3.50. The fourth-order valence-electron chi connectivity index (χ4n) is 3.15. The average molecular weight is 361 g/mol. The molecule has 1 aliphatic rings. The molecule has 2 aromatic rings. The fraction of sp³-hybridized carbons (Fsp3) is 0.333. The number of hydrogen-bond acceptors (Lipinski definition) is 6. The lowest BCUT2D eigenvalue weighted by atomic mass is 10.1. The number of benzene rings is 2. The molecule has 25 heavy (non-hydrogen) atoms. The normalized spacial score (nSPS) is 19.6. The van der Waals surface area contributed by atoms with E-state index in [0.29, 0.717) is 13.1 Å². The Morgan fingerprint density at radius 3 is 2.40 bits per heavy atom. The van der Waals surface area contributed by atoms with E-state index in [-0.39, 0.29) is 5.75 Å². The third-order valence-corrected chi connectivity index (χ3v) is 6.50. The lowest BCUT2D eigenvalue weighted by molar-refractivity contribution is 0.134. The van der Waals surface area contributed by atoms with Crippen LogP contribution in [-0.4, -0.2) is 44.4 Å². The van der Waals surface area contributed by atoms with Gasteiger partial charge < -0.3 is 15.4 Å². The first kappa shape index (κ1) is 17.9. The average Bonchev–Trinajstić information content (AvgIpc) is 2.67. The summed E-state index contributed by atoms with van der Waals surface area (Å²) in [5, 5.41) is 12.0. The van der Waals surface area contributed by atoms with Gasteiger partial charge in [0.2, 0.25) is 0 Å². The first-order valence-electron chi connectivity index (χ1n) is 8.30. The van der Waals surface area contributed by atoms with Crippen LogP contribution < -0.4 is 15.7 Å². The number of hydrogen-bond donors (Lipinski definition) is 3. The highest BCUT2D eigenvalue weighted by molar-refractivity contribution is 7.92. The van der Waals surface area contributed by atoms with Gasteiger partial charge in [0.05, 0.1) is 11.8 Å². The molecule has 2 unspecified atom stereocenters. The predicted molar refractivity (Wildman–Crippen MR) is 98.3 cm³/mol. The molecule has 1 saturated heterocycles. The lowest BCUT2D eigenvalue weighted by Gasteiger charge is -2.38. The van der Waals surface area contributed by atoms with Crippen LogP contribution in [0.15, 0.2) is 60.7 Å². The molecule has 0 radical (unpaired) electrons. The minimum Gasteiger partial charge on any atom is -0.353 e. The molecule has 0 aromatic heterocycles. The Hall–Kier alpha value is -1.93. The van der Waals surface area contributed by atoms with Crippen LogP contribution in [0.25, 0.3) is 0 Å². The van der Waals surface area contributed by atoms with E-state index in [1.165, 1.54) is 0 Å². The van der Waals surface area contributed by atoms with Gasteiger partial charge in [0.25, 0.3) is 0 Å². The third kappa shape index (κ3) is 4.19. The van der Waals surface area contributed by atoms with Crippen molar-refractivity contribution >= 4 is 15.5 Å². The third-order valence-electron chi connectivity index (χ3n) is 4.46. The van der Waals surface area contributed by atoms with Crippen LogP contribution >= 0.6 is 0 Å². The smallest absolute Gasteiger partial charge is 0.174 e. The topological polar surface area (TPSA) is 81.7 Å². The first-order valence-corrected chi connectivity index (χ1v) is 10.0. The number of para-hydroxylation sites is 1. The molecule has 1 aliphatic heterocycles. The highest BCUT2D eigenvalue weighted by Crippen LogP contribution is 2.24. The van der Waals surface area contributed by atoms with Gasteiger partial charge in [0.15, 0.2) is 9.84 Å². The van der Waals surface area contributed by atoms with Gasteiger partial charge in [-0.3, -0.25) is 0 Å². The van der Waals surface area contributed by atoms with Crippen molar-refractivity contribution in [2.75, 3.05) is 30.3 Å². The van der Waals surface area contributed by atoms with E-state index in [9.17, 15) is 13.6 Å². The first-order chi connectivity index (χ1) is 12.1. The molecule has 7 heteroatoms. The van der Waals surface area contributed by atoms with Crippen molar-refractivity contribution in [3.8, 4) is 0 Å². The van der Waals surface area contributed by atoms with Gasteiger partial charge in [0.1, 0.15) is 5.37 Å². The molecule has 1 heterocycles. The molecule has 0 spiro atoms. The standard InChI is InChI=1S/C18H23N3O3S/c22-20-17(15-7-3-1-4-8-15)14-25(23,24)18-13-19-11-12-21(18)16-9-5-2-6-10-16/h1-10,17-20,22H,11-14H2. The maximum Gasteiger partial charge on any atom is 0.174 e. The molecule has 0 aliphatic carbocycles. The molecule has 134 valence electrons. The zero-order valence-corrected chi connectivity index (χ0v) is 14.7. The zero-order chi connectivity index (χ0) is 17.7. The van der Waals surface area contributed by atoms with E-state index in [4.69, 9.17) is 0 Å². The van der Waals surface area contributed by atoms with E-state index in [2.05, 4.69) is 10.8 Å². The Bertz CT molecular complexity index is 769. The van der Waals surface area contributed by atoms with Crippen LogP contribution in [0.3, 0.4) is 0 Å². The quantitative estimate of drug-likeness (QED) is 0.678. The van der Waals surface area contributed by atoms with Crippen molar-refractivity contribution in [1.29, 1.82) is 0 Å². The molecular weight excluding hydrogens is 338 g/mol. The second-order valence-corrected chi connectivity index (χ2v) is 8.31. The molecule has 2 atom stereocenters. The summed E-state index contributed by atoms with van der Waals surface area (Å²) in [6, 6.07) is 18.0. The number of sulfone groups is 1. The summed E-state index contributed by atoms with van der Waals surface area (Å²) in [4.78, 5) is 1.92. The molecule has 1 fully saturated rings. The van der Waals surface area contributed by atoms with Gasteiger partial charge in [-0.15, -0.1) is 0 Å². The maximum atomic E-state index is 13.1. The van der Waals surface area contributed by atoms with Gasteiger partial charge >= 0.3 is 0 Å². The number of rotatable bonds is 6. The van der Waals surface area contributed by atoms with Crippen molar-refractivity contribution < 1.29 is 13.6 Å². The summed E-state index contributed by atoms with van der Waals surface area (Å²) in [7, 11) is -3.50. The number of hydroxylamine groups is 1. The number of nitrogens with zero attached hydrogens (tertiary/aromatic N) is 1. The Balaban J connectivity index is 1.84. The van der Waals surface area contributed by atoms with E-state index in [0.717, 1.165) is 17.8 Å². The van der Waals surface area contributed by atoms with Crippen molar-refractivity contribution in [1.82, 2.24) is 10.8 Å². The van der Waals surface area contributed by atoms with Crippen molar-refractivity contribution in [2.24, 2.45) is 0 Å². The molecule has 0 amide bonds. The van der Waals surface area contributed by atoms with Crippen molar-refractivity contribution in [2.45, 2.75) is 11.4 Å². The largest absolute Gasteiger partial charge is 0.353 e. The predicted octanol–water partition coefficient (Wildman–Crippen LogP) is 1.56. The Morgan fingerprint density at radius 2 is 1.76 bits per heavy atom. The maximum absolute atomic E-state index is 13.1. The van der Waals surface area contributed by atoms with Crippen LogP contribution in [0.2, 0.25) is 0 Å². The number of piperazine rings is 1. The van der Waals surface area contributed by atoms with E-state index < -0.39 is 21.3 Å². The van der Waals surface area contributed by atoms with E-state index >= 15 is 0 Å². The molecule has 0 saturated carbocycles. The highest BCUT2D eigenvalue weighted by atomic mass is 32.2. The number of anilines is 1. The van der Waals surface area contributed by atoms with E-state index in [1.54, 1.807) is 12.1 Å². The summed E-state index contributed by atoms with van der Waals surface area (Å²) in [6.45, 7) is 1.72. The fourth-order valence-corrected chi connectivity index (χ4v) is 5.09. The Labute approximate surface area is 148 Å². The van der Waals surface area contributed by atoms with Gasteiger partial charge in [-0.25, -0.2) is 8.42 Å². The van der Waals surface area contributed by atoms with Gasteiger partial charge in [-0.05, 0) is 17.7 Å². The molecule has 6 nitrogen and oxygen atoms in total. The van der Waals surface area contributed by atoms with Crippen LogP contribution in [0.4, 0.5) is 5.69 Å². The Kier molecular flexibility index (Phi) is 5.70.